The van der Waals surface area contributed by atoms with Gasteiger partial charge >= 0.3 is 6.18 Å². The summed E-state index contributed by atoms with van der Waals surface area (Å²) in [5, 5.41) is 11.1. The van der Waals surface area contributed by atoms with Crippen molar-refractivity contribution in [2.24, 2.45) is 0 Å². The number of nitrogens with one attached hydrogen (secondary N) is 1. The van der Waals surface area contributed by atoms with E-state index in [1.807, 2.05) is 0 Å². The van der Waals surface area contributed by atoms with Crippen molar-refractivity contribution in [2.45, 2.75) is 25.4 Å². The van der Waals surface area contributed by atoms with Gasteiger partial charge in [0.05, 0.1) is 6.61 Å². The van der Waals surface area contributed by atoms with Crippen molar-refractivity contribution in [1.29, 1.82) is 0 Å². The van der Waals surface area contributed by atoms with Crippen molar-refractivity contribution in [3.8, 4) is 11.8 Å². The minimum absolute atomic E-state index is 0.0290. The van der Waals surface area contributed by atoms with E-state index in [-0.39, 0.29) is 19.6 Å². The van der Waals surface area contributed by atoms with Crippen molar-refractivity contribution < 1.29 is 23.1 Å². The van der Waals surface area contributed by atoms with Crippen LogP contribution in [0.1, 0.15) is 35.2 Å². The first-order valence-corrected chi connectivity index (χ1v) is 6.47. The highest BCUT2D eigenvalue weighted by atomic mass is 19.4. The van der Waals surface area contributed by atoms with Gasteiger partial charge in [0.15, 0.2) is 0 Å². The van der Waals surface area contributed by atoms with Crippen LogP contribution in [-0.2, 0) is 0 Å². The molecule has 0 aromatic heterocycles. The number of amides is 1. The number of halogens is 3. The predicted octanol–water partition coefficient (Wildman–Crippen LogP) is 2.49. The topological polar surface area (TPSA) is 49.3 Å². The van der Waals surface area contributed by atoms with E-state index in [1.165, 1.54) is 0 Å². The Hall–Kier alpha value is -2.00. The Balaban J connectivity index is 2.51. The molecule has 1 rings (SSSR count). The predicted molar refractivity (Wildman–Crippen MR) is 72.6 cm³/mol. The molecule has 1 aromatic rings. The molecular weight excluding hydrogens is 283 g/mol. The summed E-state index contributed by atoms with van der Waals surface area (Å²) in [6.07, 6.45) is -4.92. The Labute approximate surface area is 121 Å². The molecule has 3 nitrogen and oxygen atoms in total. The molecule has 6 heteroatoms. The van der Waals surface area contributed by atoms with Gasteiger partial charge in [-0.3, -0.25) is 4.79 Å². The van der Waals surface area contributed by atoms with Crippen LogP contribution in [0, 0.1) is 11.8 Å². The fraction of sp³-hybridized carbons (Fsp3) is 0.400. The third-order valence-electron chi connectivity index (χ3n) is 2.52. The Bertz CT molecular complexity index is 530. The average molecular weight is 299 g/mol. The lowest BCUT2D eigenvalue weighted by atomic mass is 10.1. The summed E-state index contributed by atoms with van der Waals surface area (Å²) in [5.41, 5.74) is 0.962. The zero-order valence-electron chi connectivity index (χ0n) is 11.3. The summed E-state index contributed by atoms with van der Waals surface area (Å²) in [6.45, 7) is -0.0643. The fourth-order valence-electron chi connectivity index (χ4n) is 1.55. The SMILES string of the molecule is O=C(NCCCC(F)(F)F)c1cccc(C#CCCO)c1. The van der Waals surface area contributed by atoms with Gasteiger partial charge in [-0.2, -0.15) is 13.2 Å². The first-order valence-electron chi connectivity index (χ1n) is 6.47. The second-order valence-electron chi connectivity index (χ2n) is 4.33. The maximum Gasteiger partial charge on any atom is 0.389 e. The lowest BCUT2D eigenvalue weighted by molar-refractivity contribution is -0.135. The van der Waals surface area contributed by atoms with Crippen LogP contribution in [0.4, 0.5) is 13.2 Å². The van der Waals surface area contributed by atoms with E-state index in [0.29, 0.717) is 17.5 Å². The Kier molecular flexibility index (Phi) is 6.76. The van der Waals surface area contributed by atoms with Gasteiger partial charge < -0.3 is 10.4 Å². The lowest BCUT2D eigenvalue weighted by Gasteiger charge is -2.07. The van der Waals surface area contributed by atoms with E-state index in [9.17, 15) is 18.0 Å². The molecule has 21 heavy (non-hydrogen) atoms. The van der Waals surface area contributed by atoms with Crippen molar-refractivity contribution >= 4 is 5.91 Å². The second kappa shape index (κ2) is 8.32. The molecule has 2 N–H and O–H groups in total. The monoisotopic (exact) mass is 299 g/mol. The number of hydrogen-bond donors (Lipinski definition) is 2. The van der Waals surface area contributed by atoms with Gasteiger partial charge in [-0.25, -0.2) is 0 Å². The highest BCUT2D eigenvalue weighted by Crippen LogP contribution is 2.20. The molecule has 0 fully saturated rings. The van der Waals surface area contributed by atoms with Gasteiger partial charge in [0.2, 0.25) is 0 Å². The number of hydrogen-bond acceptors (Lipinski definition) is 2. The second-order valence-corrected chi connectivity index (χ2v) is 4.33. The maximum absolute atomic E-state index is 12.0. The molecule has 0 saturated carbocycles. The van der Waals surface area contributed by atoms with Crippen LogP contribution in [0.15, 0.2) is 24.3 Å². The van der Waals surface area contributed by atoms with Gasteiger partial charge in [-0.1, -0.05) is 17.9 Å². The van der Waals surface area contributed by atoms with Gasteiger partial charge in [-0.15, -0.1) is 0 Å². The van der Waals surface area contributed by atoms with E-state index >= 15 is 0 Å². The molecule has 0 radical (unpaired) electrons. The van der Waals surface area contributed by atoms with E-state index in [0.717, 1.165) is 0 Å². The van der Waals surface area contributed by atoms with E-state index < -0.39 is 18.5 Å². The first-order chi connectivity index (χ1) is 9.92. The molecule has 114 valence electrons. The number of benzene rings is 1. The van der Waals surface area contributed by atoms with Crippen LogP contribution in [0.2, 0.25) is 0 Å². The van der Waals surface area contributed by atoms with E-state index in [1.54, 1.807) is 24.3 Å². The molecule has 0 saturated heterocycles. The highest BCUT2D eigenvalue weighted by molar-refractivity contribution is 5.94. The summed E-state index contributed by atoms with van der Waals surface area (Å²) >= 11 is 0. The summed E-state index contributed by atoms with van der Waals surface area (Å²) in [7, 11) is 0. The zero-order valence-corrected chi connectivity index (χ0v) is 11.3. The van der Waals surface area contributed by atoms with Gasteiger partial charge in [0, 0.05) is 30.5 Å². The summed E-state index contributed by atoms with van der Waals surface area (Å²) < 4.78 is 35.9. The lowest BCUT2D eigenvalue weighted by Crippen LogP contribution is -2.25. The molecule has 1 amide bonds. The fourth-order valence-corrected chi connectivity index (χ4v) is 1.55. The average Bonchev–Trinajstić information content (AvgIpc) is 2.43. The molecule has 0 aliphatic carbocycles. The zero-order chi connectivity index (χ0) is 15.7. The number of aliphatic hydroxyl groups excluding tert-OH is 1. The molecule has 0 aliphatic rings. The van der Waals surface area contributed by atoms with E-state index in [4.69, 9.17) is 5.11 Å². The molecule has 0 atom stereocenters. The molecule has 0 heterocycles. The van der Waals surface area contributed by atoms with E-state index in [2.05, 4.69) is 17.2 Å². The molecule has 0 aliphatic heterocycles. The summed E-state index contributed by atoms with van der Waals surface area (Å²) in [4.78, 5) is 11.8. The number of rotatable bonds is 5. The van der Waals surface area contributed by atoms with Crippen LogP contribution in [0.25, 0.3) is 0 Å². The quantitative estimate of drug-likeness (QED) is 0.648. The number of aliphatic hydroxyl groups is 1. The van der Waals surface area contributed by atoms with Crippen LogP contribution in [0.5, 0.6) is 0 Å². The first kappa shape index (κ1) is 17.1. The smallest absolute Gasteiger partial charge is 0.389 e. The van der Waals surface area contributed by atoms with Crippen molar-refractivity contribution in [3.05, 3.63) is 35.4 Å². The van der Waals surface area contributed by atoms with Gasteiger partial charge in [0.1, 0.15) is 0 Å². The number of carbonyl (C=O) groups is 1. The van der Waals surface area contributed by atoms with Crippen molar-refractivity contribution in [1.82, 2.24) is 5.32 Å². The maximum atomic E-state index is 12.0. The minimum Gasteiger partial charge on any atom is -0.395 e. The normalized spacial score (nSPS) is 10.7. The molecule has 0 spiro atoms. The van der Waals surface area contributed by atoms with Gasteiger partial charge in [-0.05, 0) is 24.6 Å². The third kappa shape index (κ3) is 7.37. The summed E-state index contributed by atoms with van der Waals surface area (Å²) in [5.74, 6) is 5.09. The summed E-state index contributed by atoms with van der Waals surface area (Å²) in [6, 6.07) is 6.48. The third-order valence-corrected chi connectivity index (χ3v) is 2.52. The standard InChI is InChI=1S/C15H16F3NO2/c16-15(17,18)8-4-9-19-14(21)13-7-3-6-12(11-13)5-1-2-10-20/h3,6-7,11,20H,2,4,8-10H2,(H,19,21). The molecule has 0 bridgehead atoms. The van der Waals surface area contributed by atoms with Crippen LogP contribution >= 0.6 is 0 Å². The van der Waals surface area contributed by atoms with Crippen LogP contribution in [-0.4, -0.2) is 30.3 Å². The Morgan fingerprint density at radius 3 is 2.76 bits per heavy atom. The largest absolute Gasteiger partial charge is 0.395 e. The van der Waals surface area contributed by atoms with Gasteiger partial charge in [0.25, 0.3) is 5.91 Å². The van der Waals surface area contributed by atoms with Crippen LogP contribution < -0.4 is 5.32 Å². The minimum atomic E-state index is -4.20. The molecule has 1 aromatic carbocycles. The Morgan fingerprint density at radius 2 is 2.10 bits per heavy atom. The molecular formula is C15H16F3NO2. The number of alkyl halides is 3. The van der Waals surface area contributed by atoms with Crippen molar-refractivity contribution in [2.75, 3.05) is 13.2 Å². The Morgan fingerprint density at radius 1 is 1.33 bits per heavy atom. The highest BCUT2D eigenvalue weighted by Gasteiger charge is 2.25. The molecule has 0 unspecified atom stereocenters. The number of carbonyl (C=O) groups excluding carboxylic acids is 1. The van der Waals surface area contributed by atoms with Crippen molar-refractivity contribution in [3.63, 3.8) is 0 Å². The van der Waals surface area contributed by atoms with Crippen LogP contribution in [0.3, 0.4) is 0 Å².